The topological polar surface area (TPSA) is 228 Å². The van der Waals surface area contributed by atoms with Crippen LogP contribution >= 0.6 is 22.9 Å². The first kappa shape index (κ1) is 51.3. The van der Waals surface area contributed by atoms with Crippen molar-refractivity contribution in [1.29, 1.82) is 0 Å². The predicted octanol–water partition coefficient (Wildman–Crippen LogP) is 4.43. The largest absolute Gasteiger partial charge is 0.491 e. The lowest BCUT2D eigenvalue weighted by atomic mass is 10.0. The van der Waals surface area contributed by atoms with Gasteiger partial charge in [-0.25, -0.2) is 4.98 Å². The highest BCUT2D eigenvalue weighted by molar-refractivity contribution is 7.13. The van der Waals surface area contributed by atoms with Gasteiger partial charge < -0.3 is 54.4 Å². The van der Waals surface area contributed by atoms with Gasteiger partial charge in [0.2, 0.25) is 11.8 Å². The highest BCUT2D eigenvalue weighted by Crippen LogP contribution is 2.33. The number of hydrogen-bond acceptors (Lipinski definition) is 16. The smallest absolute Gasteiger partial charge is 0.255 e. The van der Waals surface area contributed by atoms with E-state index in [2.05, 4.69) is 25.6 Å². The van der Waals surface area contributed by atoms with E-state index in [1.807, 2.05) is 57.3 Å². The molecule has 3 atom stereocenters. The van der Waals surface area contributed by atoms with Crippen LogP contribution in [0, 0.1) is 12.8 Å². The van der Waals surface area contributed by atoms with Crippen LogP contribution in [0.2, 0.25) is 5.15 Å². The average Bonchev–Trinajstić information content (AvgIpc) is 4.15. The molecule has 0 radical (unpaired) electrons. The van der Waals surface area contributed by atoms with E-state index < -0.39 is 24.1 Å². The highest BCUT2D eigenvalue weighted by Gasteiger charge is 2.46. The summed E-state index contributed by atoms with van der Waals surface area (Å²) >= 11 is 7.47. The van der Waals surface area contributed by atoms with E-state index in [9.17, 15) is 19.5 Å². The molecular weight excluding hydrogens is 930 g/mol. The SMILES string of the molecule is Cc1ncsc1-c1ccc(CNC(=O)[C@@H]2C[C@@H](O)CN2C(=O)[C@H](C(C)C)N2Cc3ccccc3C2=O)c(OCCOCCOCCOCCOCCOCCn2cc(-c3cc(Cl)nnc3N)cn2)c1. The minimum absolute atomic E-state index is 0.00172. The number of β-amino-alcohol motifs (C(OH)–C–C–N with tert-alkyl or cyclic N) is 1. The minimum atomic E-state index is -0.911. The monoisotopic (exact) mass is 989 g/mol. The number of nitrogens with two attached hydrogens (primary N) is 1. The molecule has 0 saturated carbocycles. The van der Waals surface area contributed by atoms with Gasteiger partial charge in [-0.1, -0.05) is 55.8 Å². The van der Waals surface area contributed by atoms with Crippen molar-refractivity contribution in [2.75, 3.05) is 85.0 Å². The van der Waals surface area contributed by atoms with E-state index in [1.54, 1.807) is 39.5 Å². The van der Waals surface area contributed by atoms with Gasteiger partial charge in [0.25, 0.3) is 5.91 Å². The third-order valence-corrected chi connectivity index (χ3v) is 12.8. The van der Waals surface area contributed by atoms with E-state index in [1.165, 1.54) is 16.2 Å². The van der Waals surface area contributed by atoms with Crippen LogP contribution in [-0.4, -0.2) is 155 Å². The lowest BCUT2D eigenvalue weighted by Crippen LogP contribution is -2.55. The molecule has 21 heteroatoms. The van der Waals surface area contributed by atoms with Crippen molar-refractivity contribution < 1.29 is 47.9 Å². The second-order valence-electron chi connectivity index (χ2n) is 16.9. The summed E-state index contributed by atoms with van der Waals surface area (Å²) in [6.07, 6.45) is 2.74. The van der Waals surface area contributed by atoms with E-state index in [4.69, 9.17) is 45.8 Å². The molecule has 69 heavy (non-hydrogen) atoms. The van der Waals surface area contributed by atoms with Gasteiger partial charge in [0.1, 0.15) is 24.4 Å². The summed E-state index contributed by atoms with van der Waals surface area (Å²) in [6.45, 7) is 11.0. The molecule has 1 saturated heterocycles. The maximum atomic E-state index is 14.2. The summed E-state index contributed by atoms with van der Waals surface area (Å²) < 4.78 is 36.2. The number of benzene rings is 2. The Balaban J connectivity index is 0.775. The predicted molar refractivity (Wildman–Crippen MR) is 257 cm³/mol. The number of nitrogens with zero attached hydrogens (tertiary/aromatic N) is 7. The van der Waals surface area contributed by atoms with Gasteiger partial charge in [0, 0.05) is 54.5 Å². The van der Waals surface area contributed by atoms with Crippen LogP contribution in [0.1, 0.15) is 47.4 Å². The first-order valence-electron chi connectivity index (χ1n) is 23.0. The van der Waals surface area contributed by atoms with Crippen LogP contribution in [0.5, 0.6) is 5.75 Å². The van der Waals surface area contributed by atoms with Gasteiger partial charge in [0.05, 0.1) is 101 Å². The molecule has 2 aromatic carbocycles. The lowest BCUT2D eigenvalue weighted by Gasteiger charge is -2.35. The van der Waals surface area contributed by atoms with Gasteiger partial charge in [-0.15, -0.1) is 21.5 Å². The summed E-state index contributed by atoms with van der Waals surface area (Å²) in [7, 11) is 0. The van der Waals surface area contributed by atoms with Crippen molar-refractivity contribution in [1.82, 2.24) is 40.1 Å². The summed E-state index contributed by atoms with van der Waals surface area (Å²) in [5.41, 5.74) is 13.2. The number of ether oxygens (including phenoxy) is 6. The quantitative estimate of drug-likeness (QED) is 0.0619. The fourth-order valence-electron chi connectivity index (χ4n) is 8.19. The number of fused-ring (bicyclic) bond motifs is 1. The van der Waals surface area contributed by atoms with Crippen molar-refractivity contribution >= 4 is 46.5 Å². The normalized spacial score (nSPS) is 16.1. The Bertz CT molecular complexity index is 2490. The minimum Gasteiger partial charge on any atom is -0.491 e. The van der Waals surface area contributed by atoms with Crippen LogP contribution in [0.4, 0.5) is 5.82 Å². The molecule has 4 N–H and O–H groups in total. The number of carbonyl (C=O) groups is 3. The number of likely N-dealkylation sites (tertiary alicyclic amines) is 1. The van der Waals surface area contributed by atoms with E-state index in [0.717, 1.165) is 32.8 Å². The number of carbonyl (C=O) groups excluding carboxylic acids is 3. The maximum Gasteiger partial charge on any atom is 0.255 e. The second-order valence-corrected chi connectivity index (χ2v) is 18.1. The third kappa shape index (κ3) is 13.8. The fourth-order valence-corrected chi connectivity index (χ4v) is 9.14. The third-order valence-electron chi connectivity index (χ3n) is 11.6. The standard InChI is InChI=1S/C48H60ClN9O10S/c1-31(2)43(58-28-35-6-4-5-7-38(35)47(58)61)48(62)57-29-37(59)23-40(57)46(60)51-25-34-9-8-33(44-32(3)52-30-69-44)22-41(34)68-21-20-67-19-18-66-17-16-65-15-14-64-13-12-63-11-10-56-27-36(26-53-56)39-24-42(49)54-55-45(39)50/h4-9,22,24,26-27,30-31,37,40,43,59H,10-21,23,25,28-29H2,1-3H3,(H2,50,55)(H,51,60)/t37-,40+,43+/m1/s1. The van der Waals surface area contributed by atoms with Crippen LogP contribution in [-0.2, 0) is 52.9 Å². The van der Waals surface area contributed by atoms with E-state index in [-0.39, 0.29) is 54.8 Å². The van der Waals surface area contributed by atoms with Crippen molar-refractivity contribution in [3.63, 3.8) is 0 Å². The summed E-state index contributed by atoms with van der Waals surface area (Å²) in [5.74, 6) is -0.347. The molecule has 19 nitrogen and oxygen atoms in total. The first-order chi connectivity index (χ1) is 33.5. The Hall–Kier alpha value is -5.58. The molecule has 0 bridgehead atoms. The molecule has 1 fully saturated rings. The van der Waals surface area contributed by atoms with Gasteiger partial charge in [-0.05, 0) is 42.2 Å². The van der Waals surface area contributed by atoms with Crippen LogP contribution < -0.4 is 15.8 Å². The maximum absolute atomic E-state index is 14.2. The van der Waals surface area contributed by atoms with Crippen molar-refractivity contribution in [2.45, 2.75) is 65.0 Å². The van der Waals surface area contributed by atoms with E-state index >= 15 is 0 Å². The number of aromatic nitrogens is 5. The van der Waals surface area contributed by atoms with Crippen LogP contribution in [0.15, 0.2) is 66.4 Å². The number of nitrogens with one attached hydrogen (secondary N) is 1. The Morgan fingerprint density at radius 3 is 2.25 bits per heavy atom. The molecular formula is C48H60ClN9O10S. The summed E-state index contributed by atoms with van der Waals surface area (Å²) in [6, 6.07) is 13.1. The molecule has 7 rings (SSSR count). The Morgan fingerprint density at radius 2 is 1.58 bits per heavy atom. The molecule has 0 unspecified atom stereocenters. The number of aliphatic hydroxyl groups excluding tert-OH is 1. The van der Waals surface area contributed by atoms with Crippen LogP contribution in [0.25, 0.3) is 21.6 Å². The molecule has 370 valence electrons. The van der Waals surface area contributed by atoms with Gasteiger partial charge >= 0.3 is 0 Å². The molecule has 3 aromatic heterocycles. The molecule has 0 aliphatic carbocycles. The van der Waals surface area contributed by atoms with Crippen molar-refractivity contribution in [3.05, 3.63) is 94.0 Å². The Kier molecular flexibility index (Phi) is 18.8. The molecule has 0 spiro atoms. The van der Waals surface area contributed by atoms with Gasteiger partial charge in [0.15, 0.2) is 11.0 Å². The number of halogens is 1. The highest BCUT2D eigenvalue weighted by atomic mass is 35.5. The number of aryl methyl sites for hydroxylation is 1. The zero-order valence-corrected chi connectivity index (χ0v) is 40.7. The first-order valence-corrected chi connectivity index (χ1v) is 24.3. The Morgan fingerprint density at radius 1 is 0.899 bits per heavy atom. The summed E-state index contributed by atoms with van der Waals surface area (Å²) in [5, 5.41) is 25.9. The number of amides is 3. The number of anilines is 1. The number of hydrogen-bond donors (Lipinski definition) is 3. The van der Waals surface area contributed by atoms with Crippen LogP contribution in [0.3, 0.4) is 0 Å². The van der Waals surface area contributed by atoms with E-state index in [0.29, 0.717) is 96.0 Å². The lowest BCUT2D eigenvalue weighted by molar-refractivity contribution is -0.143. The molecule has 5 aromatic rings. The fraction of sp³-hybridized carbons (Fsp3) is 0.479. The van der Waals surface area contributed by atoms with Crippen molar-refractivity contribution in [2.24, 2.45) is 5.92 Å². The second kappa shape index (κ2) is 25.3. The number of rotatable bonds is 27. The van der Waals surface area contributed by atoms with Gasteiger partial charge in [-0.3, -0.25) is 19.1 Å². The number of thiazole rings is 1. The molecule has 2 aliphatic heterocycles. The molecule has 2 aliphatic rings. The van der Waals surface area contributed by atoms with Gasteiger partial charge in [-0.2, -0.15) is 5.10 Å². The average molecular weight is 991 g/mol. The zero-order chi connectivity index (χ0) is 48.7. The zero-order valence-electron chi connectivity index (χ0n) is 39.1. The number of aliphatic hydroxyl groups is 1. The van der Waals surface area contributed by atoms with Crippen molar-refractivity contribution in [3.8, 4) is 27.3 Å². The number of nitrogen functional groups attached to an aromatic ring is 1. The molecule has 5 heterocycles. The molecule has 3 amide bonds. The summed E-state index contributed by atoms with van der Waals surface area (Å²) in [4.78, 5) is 49.9. The Labute approximate surface area is 410 Å².